The van der Waals surface area contributed by atoms with Crippen molar-refractivity contribution in [1.82, 2.24) is 0 Å². The third-order valence-electron chi connectivity index (χ3n) is 2.20. The van der Waals surface area contributed by atoms with E-state index < -0.39 is 0 Å². The molecule has 0 spiro atoms. The van der Waals surface area contributed by atoms with E-state index in [0.717, 1.165) is 11.4 Å². The van der Waals surface area contributed by atoms with Crippen LogP contribution in [0.15, 0.2) is 24.3 Å². The van der Waals surface area contributed by atoms with E-state index in [1.807, 2.05) is 43.3 Å². The van der Waals surface area contributed by atoms with Gasteiger partial charge in [-0.2, -0.15) is 0 Å². The van der Waals surface area contributed by atoms with E-state index in [1.54, 1.807) is 0 Å². The van der Waals surface area contributed by atoms with E-state index in [-0.39, 0.29) is 5.91 Å². The van der Waals surface area contributed by atoms with Crippen LogP contribution in [0.4, 0.5) is 11.4 Å². The van der Waals surface area contributed by atoms with Crippen molar-refractivity contribution in [3.05, 3.63) is 24.3 Å². The first-order chi connectivity index (χ1) is 7.63. The number of amides is 1. The highest BCUT2D eigenvalue weighted by atomic mass is 35.5. The number of carbonyl (C=O) groups excluding carboxylic acids is 1. The number of nitrogens with one attached hydrogen (secondary N) is 1. The summed E-state index contributed by atoms with van der Waals surface area (Å²) in [6, 6.07) is 7.73. The maximum Gasteiger partial charge on any atom is 0.224 e. The zero-order chi connectivity index (χ0) is 12.0. The van der Waals surface area contributed by atoms with Crippen molar-refractivity contribution in [3.63, 3.8) is 0 Å². The first-order valence-electron chi connectivity index (χ1n) is 5.26. The van der Waals surface area contributed by atoms with Crippen LogP contribution in [0, 0.1) is 0 Å². The van der Waals surface area contributed by atoms with Gasteiger partial charge in [0.25, 0.3) is 0 Å². The Kier molecular flexibility index (Phi) is 5.12. The van der Waals surface area contributed by atoms with Crippen LogP contribution in [0.3, 0.4) is 0 Å². The van der Waals surface area contributed by atoms with E-state index in [0.29, 0.717) is 18.7 Å². The Hall–Kier alpha value is -1.22. The Morgan fingerprint density at radius 1 is 1.31 bits per heavy atom. The number of carbonyl (C=O) groups is 1. The van der Waals surface area contributed by atoms with Crippen LogP contribution in [0.5, 0.6) is 0 Å². The highest BCUT2D eigenvalue weighted by Gasteiger charge is 2.02. The molecular weight excluding hydrogens is 224 g/mol. The molecule has 0 atom stereocenters. The molecule has 0 bridgehead atoms. The third-order valence-corrected chi connectivity index (χ3v) is 2.47. The van der Waals surface area contributed by atoms with E-state index in [2.05, 4.69) is 5.32 Å². The fourth-order valence-corrected chi connectivity index (χ4v) is 1.43. The SMILES string of the molecule is CN(C)c1ccc(NC(=O)CCCCl)cc1. The Bertz CT molecular complexity index is 335. The first kappa shape index (κ1) is 12.8. The average molecular weight is 241 g/mol. The van der Waals surface area contributed by atoms with Crippen LogP contribution in [-0.4, -0.2) is 25.9 Å². The Morgan fingerprint density at radius 2 is 1.94 bits per heavy atom. The van der Waals surface area contributed by atoms with Crippen LogP contribution >= 0.6 is 11.6 Å². The third kappa shape index (κ3) is 4.11. The van der Waals surface area contributed by atoms with E-state index in [1.165, 1.54) is 0 Å². The zero-order valence-electron chi connectivity index (χ0n) is 9.66. The number of rotatable bonds is 5. The molecule has 1 amide bonds. The molecule has 1 rings (SSSR count). The van der Waals surface area contributed by atoms with E-state index in [4.69, 9.17) is 11.6 Å². The first-order valence-corrected chi connectivity index (χ1v) is 5.80. The molecule has 0 saturated heterocycles. The number of anilines is 2. The van der Waals surface area contributed by atoms with Gasteiger partial charge in [-0.1, -0.05) is 0 Å². The lowest BCUT2D eigenvalue weighted by Gasteiger charge is -2.12. The summed E-state index contributed by atoms with van der Waals surface area (Å²) in [4.78, 5) is 13.4. The van der Waals surface area contributed by atoms with Crippen molar-refractivity contribution in [2.75, 3.05) is 30.2 Å². The van der Waals surface area contributed by atoms with Gasteiger partial charge in [0.05, 0.1) is 0 Å². The van der Waals surface area contributed by atoms with Gasteiger partial charge in [-0.15, -0.1) is 11.6 Å². The second-order valence-corrected chi connectivity index (χ2v) is 4.16. The van der Waals surface area contributed by atoms with Gasteiger partial charge in [-0.25, -0.2) is 0 Å². The molecule has 1 N–H and O–H groups in total. The lowest BCUT2D eigenvalue weighted by Crippen LogP contribution is -2.12. The molecular formula is C12H17ClN2O. The van der Waals surface area contributed by atoms with Crippen molar-refractivity contribution in [1.29, 1.82) is 0 Å². The van der Waals surface area contributed by atoms with Crippen molar-refractivity contribution < 1.29 is 4.79 Å². The molecule has 0 radical (unpaired) electrons. The van der Waals surface area contributed by atoms with Gasteiger partial charge in [-0.3, -0.25) is 4.79 Å². The van der Waals surface area contributed by atoms with Gasteiger partial charge in [0, 0.05) is 37.8 Å². The summed E-state index contributed by atoms with van der Waals surface area (Å²) in [7, 11) is 3.96. The fourth-order valence-electron chi connectivity index (χ4n) is 1.29. The van der Waals surface area contributed by atoms with Crippen LogP contribution in [0.25, 0.3) is 0 Å². The second-order valence-electron chi connectivity index (χ2n) is 3.78. The average Bonchev–Trinajstić information content (AvgIpc) is 2.27. The molecule has 0 aliphatic rings. The molecule has 3 nitrogen and oxygen atoms in total. The zero-order valence-corrected chi connectivity index (χ0v) is 10.4. The minimum absolute atomic E-state index is 0.0123. The van der Waals surface area contributed by atoms with Crippen molar-refractivity contribution in [2.24, 2.45) is 0 Å². The molecule has 0 aliphatic carbocycles. The number of benzene rings is 1. The summed E-state index contributed by atoms with van der Waals surface area (Å²) in [5.74, 6) is 0.533. The van der Waals surface area contributed by atoms with Gasteiger partial charge in [0.2, 0.25) is 5.91 Å². The lowest BCUT2D eigenvalue weighted by atomic mass is 10.2. The van der Waals surface area contributed by atoms with E-state index in [9.17, 15) is 4.79 Å². The number of nitrogens with zero attached hydrogens (tertiary/aromatic N) is 1. The monoisotopic (exact) mass is 240 g/mol. The second kappa shape index (κ2) is 6.38. The summed E-state index contributed by atoms with van der Waals surface area (Å²) < 4.78 is 0. The van der Waals surface area contributed by atoms with Crippen molar-refractivity contribution in [3.8, 4) is 0 Å². The van der Waals surface area contributed by atoms with Crippen molar-refractivity contribution >= 4 is 28.9 Å². The maximum absolute atomic E-state index is 11.4. The maximum atomic E-state index is 11.4. The predicted molar refractivity (Wildman–Crippen MR) is 69.4 cm³/mol. The molecule has 0 aromatic heterocycles. The molecule has 0 unspecified atom stereocenters. The van der Waals surface area contributed by atoms with Gasteiger partial charge in [0.1, 0.15) is 0 Å². The quantitative estimate of drug-likeness (QED) is 0.803. The molecule has 88 valence electrons. The Morgan fingerprint density at radius 3 is 2.44 bits per heavy atom. The predicted octanol–water partition coefficient (Wildman–Crippen LogP) is 2.71. The molecule has 0 fully saturated rings. The highest BCUT2D eigenvalue weighted by molar-refractivity contribution is 6.18. The minimum Gasteiger partial charge on any atom is -0.378 e. The summed E-state index contributed by atoms with van der Waals surface area (Å²) >= 11 is 5.52. The van der Waals surface area contributed by atoms with Crippen LogP contribution < -0.4 is 10.2 Å². The standard InChI is InChI=1S/C12H17ClN2O/c1-15(2)11-7-5-10(6-8-11)14-12(16)4-3-9-13/h5-8H,3-4,9H2,1-2H3,(H,14,16). The topological polar surface area (TPSA) is 32.3 Å². The number of hydrogen-bond acceptors (Lipinski definition) is 2. The summed E-state index contributed by atoms with van der Waals surface area (Å²) in [5.41, 5.74) is 1.93. The van der Waals surface area contributed by atoms with Gasteiger partial charge in [-0.05, 0) is 30.7 Å². The van der Waals surface area contributed by atoms with Gasteiger partial charge in [0.15, 0.2) is 0 Å². The smallest absolute Gasteiger partial charge is 0.224 e. The van der Waals surface area contributed by atoms with Gasteiger partial charge >= 0.3 is 0 Å². The Labute approximate surface area is 101 Å². The lowest BCUT2D eigenvalue weighted by molar-refractivity contribution is -0.116. The molecule has 0 saturated carbocycles. The van der Waals surface area contributed by atoms with Gasteiger partial charge < -0.3 is 10.2 Å². The summed E-state index contributed by atoms with van der Waals surface area (Å²) in [6.07, 6.45) is 1.18. The normalized spacial score (nSPS) is 9.94. The van der Waals surface area contributed by atoms with Crippen LogP contribution in [0.2, 0.25) is 0 Å². The largest absolute Gasteiger partial charge is 0.378 e. The summed E-state index contributed by atoms with van der Waals surface area (Å²) in [5, 5.41) is 2.83. The highest BCUT2D eigenvalue weighted by Crippen LogP contribution is 2.15. The molecule has 16 heavy (non-hydrogen) atoms. The fraction of sp³-hybridized carbons (Fsp3) is 0.417. The number of halogens is 1. The Balaban J connectivity index is 2.51. The van der Waals surface area contributed by atoms with Crippen LogP contribution in [0.1, 0.15) is 12.8 Å². The van der Waals surface area contributed by atoms with Crippen LogP contribution in [-0.2, 0) is 4.79 Å². The molecule has 0 heterocycles. The molecule has 1 aromatic carbocycles. The molecule has 4 heteroatoms. The van der Waals surface area contributed by atoms with Crippen molar-refractivity contribution in [2.45, 2.75) is 12.8 Å². The number of hydrogen-bond donors (Lipinski definition) is 1. The summed E-state index contributed by atoms with van der Waals surface area (Å²) in [6.45, 7) is 0. The molecule has 0 aliphatic heterocycles. The minimum atomic E-state index is 0.0123. The van der Waals surface area contributed by atoms with E-state index >= 15 is 0 Å². The number of alkyl halides is 1. The molecule has 1 aromatic rings.